The van der Waals surface area contributed by atoms with Gasteiger partial charge in [0.2, 0.25) is 0 Å². The summed E-state index contributed by atoms with van der Waals surface area (Å²) in [6.07, 6.45) is 0. The van der Waals surface area contributed by atoms with Crippen LogP contribution >= 0.6 is 15.9 Å². The van der Waals surface area contributed by atoms with E-state index in [1.165, 1.54) is 0 Å². The van der Waals surface area contributed by atoms with E-state index in [4.69, 9.17) is 4.74 Å². The third-order valence-corrected chi connectivity index (χ3v) is 2.62. The van der Waals surface area contributed by atoms with E-state index >= 15 is 0 Å². The lowest BCUT2D eigenvalue weighted by molar-refractivity contribution is -0.157. The molecule has 1 aliphatic heterocycles. The van der Waals surface area contributed by atoms with Crippen LogP contribution in [0.25, 0.3) is 0 Å². The molecule has 1 fully saturated rings. The first-order chi connectivity index (χ1) is 7.74. The van der Waals surface area contributed by atoms with Crippen molar-refractivity contribution < 1.29 is 19.1 Å². The number of nitrogens with one attached hydrogen (secondary N) is 1. The summed E-state index contributed by atoms with van der Waals surface area (Å²) in [6, 6.07) is -1.17. The van der Waals surface area contributed by atoms with E-state index in [2.05, 4.69) is 21.2 Å². The van der Waals surface area contributed by atoms with Gasteiger partial charge in [-0.2, -0.15) is 0 Å². The maximum Gasteiger partial charge on any atom is 0.326 e. The fourth-order valence-corrected chi connectivity index (χ4v) is 1.77. The van der Waals surface area contributed by atoms with Gasteiger partial charge < -0.3 is 10.1 Å². The molecule has 7 heteroatoms. The molecule has 1 aliphatic rings. The number of hydrogen-bond donors (Lipinski definition) is 1. The van der Waals surface area contributed by atoms with Gasteiger partial charge in [0.05, 0.1) is 0 Å². The molecule has 0 radical (unpaired) electrons. The molecule has 0 aromatic heterocycles. The molecule has 1 unspecified atom stereocenters. The predicted octanol–water partition coefficient (Wildman–Crippen LogP) is 0.643. The smallest absolute Gasteiger partial charge is 0.326 e. The Balaban J connectivity index is 2.60. The van der Waals surface area contributed by atoms with Gasteiger partial charge in [0, 0.05) is 5.33 Å². The van der Waals surface area contributed by atoms with E-state index < -0.39 is 29.6 Å². The van der Waals surface area contributed by atoms with Gasteiger partial charge in [-0.05, 0) is 20.8 Å². The number of nitrogens with zero attached hydrogens (tertiary/aromatic N) is 1. The van der Waals surface area contributed by atoms with Crippen molar-refractivity contribution in [3.63, 3.8) is 0 Å². The van der Waals surface area contributed by atoms with Crippen molar-refractivity contribution in [2.45, 2.75) is 32.4 Å². The molecule has 96 valence electrons. The molecule has 3 amide bonds. The molecular weight excluding hydrogens is 292 g/mol. The van der Waals surface area contributed by atoms with Crippen molar-refractivity contribution in [2.24, 2.45) is 0 Å². The molecule has 0 bridgehead atoms. The summed E-state index contributed by atoms with van der Waals surface area (Å²) in [5, 5.41) is 2.78. The van der Waals surface area contributed by atoms with Gasteiger partial charge in [-0.25, -0.2) is 4.79 Å². The second-order valence-corrected chi connectivity index (χ2v) is 5.31. The third kappa shape index (κ3) is 3.69. The molecule has 0 saturated carbocycles. The van der Waals surface area contributed by atoms with E-state index in [0.29, 0.717) is 5.33 Å². The first-order valence-corrected chi connectivity index (χ1v) is 6.26. The Morgan fingerprint density at radius 1 is 1.47 bits per heavy atom. The Kier molecular flexibility index (Phi) is 4.13. The summed E-state index contributed by atoms with van der Waals surface area (Å²) in [6.45, 7) is 4.81. The number of alkyl halides is 1. The summed E-state index contributed by atoms with van der Waals surface area (Å²) < 4.78 is 5.04. The lowest BCUT2D eigenvalue weighted by Gasteiger charge is -2.21. The van der Waals surface area contributed by atoms with Crippen LogP contribution in [0.15, 0.2) is 0 Å². The van der Waals surface area contributed by atoms with Gasteiger partial charge >= 0.3 is 12.0 Å². The topological polar surface area (TPSA) is 75.7 Å². The van der Waals surface area contributed by atoms with Crippen molar-refractivity contribution in [1.82, 2.24) is 10.2 Å². The number of esters is 1. The zero-order chi connectivity index (χ0) is 13.2. The van der Waals surface area contributed by atoms with Gasteiger partial charge in [-0.3, -0.25) is 14.5 Å². The van der Waals surface area contributed by atoms with E-state index in [1.807, 2.05) is 0 Å². The zero-order valence-electron chi connectivity index (χ0n) is 9.95. The number of imide groups is 1. The summed E-state index contributed by atoms with van der Waals surface area (Å²) in [5.74, 6) is -1.02. The molecule has 1 N–H and O–H groups in total. The van der Waals surface area contributed by atoms with Crippen molar-refractivity contribution in [3.05, 3.63) is 0 Å². The molecule has 0 aromatic carbocycles. The number of carbonyl (C=O) groups excluding carboxylic acids is 3. The largest absolute Gasteiger partial charge is 0.459 e. The molecule has 1 saturated heterocycles. The number of amides is 3. The standard InChI is InChI=1S/C10H15BrN2O4/c1-10(2,3)17-7(14)5-13-8(15)6(4-11)12-9(13)16/h6H,4-5H2,1-3H3,(H,12,16). The Morgan fingerprint density at radius 2 is 2.06 bits per heavy atom. The van der Waals surface area contributed by atoms with Crippen LogP contribution in [0.4, 0.5) is 4.79 Å². The summed E-state index contributed by atoms with van der Waals surface area (Å²) in [4.78, 5) is 35.4. The maximum absolute atomic E-state index is 11.7. The van der Waals surface area contributed by atoms with Crippen molar-refractivity contribution in [2.75, 3.05) is 11.9 Å². The van der Waals surface area contributed by atoms with Crippen LogP contribution in [0.3, 0.4) is 0 Å². The molecule has 0 aliphatic carbocycles. The monoisotopic (exact) mass is 306 g/mol. The average Bonchev–Trinajstić information content (AvgIpc) is 2.42. The maximum atomic E-state index is 11.7. The van der Waals surface area contributed by atoms with Crippen LogP contribution in [0.2, 0.25) is 0 Å². The van der Waals surface area contributed by atoms with Crippen LogP contribution in [0.1, 0.15) is 20.8 Å². The molecule has 1 atom stereocenters. The Labute approximate surface area is 108 Å². The highest BCUT2D eigenvalue weighted by Gasteiger charge is 2.38. The normalized spacial score (nSPS) is 20.5. The first-order valence-electron chi connectivity index (χ1n) is 5.14. The lowest BCUT2D eigenvalue weighted by Crippen LogP contribution is -2.39. The first kappa shape index (κ1) is 14.0. The zero-order valence-corrected chi connectivity index (χ0v) is 11.5. The number of urea groups is 1. The van der Waals surface area contributed by atoms with Crippen molar-refractivity contribution >= 4 is 33.8 Å². The van der Waals surface area contributed by atoms with Crippen molar-refractivity contribution in [1.29, 1.82) is 0 Å². The minimum Gasteiger partial charge on any atom is -0.459 e. The minimum atomic E-state index is -0.634. The highest BCUT2D eigenvalue weighted by Crippen LogP contribution is 2.11. The van der Waals surface area contributed by atoms with E-state index in [0.717, 1.165) is 4.90 Å². The van der Waals surface area contributed by atoms with Crippen LogP contribution in [0.5, 0.6) is 0 Å². The SMILES string of the molecule is CC(C)(C)OC(=O)CN1C(=O)NC(CBr)C1=O. The van der Waals surface area contributed by atoms with Gasteiger partial charge in [-0.15, -0.1) is 0 Å². The van der Waals surface area contributed by atoms with Gasteiger partial charge in [0.25, 0.3) is 5.91 Å². The number of rotatable bonds is 3. The van der Waals surface area contributed by atoms with Crippen LogP contribution in [-0.4, -0.2) is 46.3 Å². The number of ether oxygens (including phenoxy) is 1. The Morgan fingerprint density at radius 3 is 2.47 bits per heavy atom. The van der Waals surface area contributed by atoms with E-state index in [9.17, 15) is 14.4 Å². The second kappa shape index (κ2) is 5.03. The van der Waals surface area contributed by atoms with Crippen molar-refractivity contribution in [3.8, 4) is 0 Å². The van der Waals surface area contributed by atoms with Crippen LogP contribution in [-0.2, 0) is 14.3 Å². The van der Waals surface area contributed by atoms with Gasteiger partial charge in [0.15, 0.2) is 0 Å². The van der Waals surface area contributed by atoms with Gasteiger partial charge in [-0.1, -0.05) is 15.9 Å². The molecule has 6 nitrogen and oxygen atoms in total. The Bertz CT molecular complexity index is 351. The molecular formula is C10H15BrN2O4. The summed E-state index contributed by atoms with van der Waals surface area (Å²) in [5.41, 5.74) is -0.634. The quantitative estimate of drug-likeness (QED) is 0.472. The van der Waals surface area contributed by atoms with Crippen LogP contribution < -0.4 is 5.32 Å². The highest BCUT2D eigenvalue weighted by atomic mass is 79.9. The molecule has 0 aromatic rings. The van der Waals surface area contributed by atoms with E-state index in [-0.39, 0.29) is 6.54 Å². The molecule has 1 rings (SSSR count). The summed E-state index contributed by atoms with van der Waals surface area (Å²) in [7, 11) is 0. The number of halogens is 1. The number of hydrogen-bond acceptors (Lipinski definition) is 4. The molecule has 17 heavy (non-hydrogen) atoms. The highest BCUT2D eigenvalue weighted by molar-refractivity contribution is 9.09. The number of carbonyl (C=O) groups is 3. The fraction of sp³-hybridized carbons (Fsp3) is 0.700. The lowest BCUT2D eigenvalue weighted by atomic mass is 10.2. The molecule has 1 heterocycles. The van der Waals surface area contributed by atoms with E-state index in [1.54, 1.807) is 20.8 Å². The predicted molar refractivity (Wildman–Crippen MR) is 63.7 cm³/mol. The molecule has 0 spiro atoms. The average molecular weight is 307 g/mol. The minimum absolute atomic E-state index is 0.322. The second-order valence-electron chi connectivity index (χ2n) is 4.67. The fourth-order valence-electron chi connectivity index (χ4n) is 1.33. The van der Waals surface area contributed by atoms with Gasteiger partial charge in [0.1, 0.15) is 18.2 Å². The van der Waals surface area contributed by atoms with Crippen LogP contribution in [0, 0.1) is 0 Å². The third-order valence-electron chi connectivity index (χ3n) is 1.97. The summed E-state index contributed by atoms with van der Waals surface area (Å²) >= 11 is 3.11. The Hall–Kier alpha value is -1.11.